The van der Waals surface area contributed by atoms with E-state index in [-0.39, 0.29) is 6.61 Å². The first-order valence-corrected chi connectivity index (χ1v) is 14.4. The Morgan fingerprint density at radius 1 is 0.969 bits per heavy atom. The molecule has 0 aliphatic heterocycles. The summed E-state index contributed by atoms with van der Waals surface area (Å²) in [6.45, 7) is 8.10. The predicted octanol–water partition coefficient (Wildman–Crippen LogP) is 5.09. The first-order valence-electron chi connectivity index (χ1n) is 10.6. The summed E-state index contributed by atoms with van der Waals surface area (Å²) < 4.78 is 13.6. The summed E-state index contributed by atoms with van der Waals surface area (Å²) in [5, 5.41) is 15.6. The first kappa shape index (κ1) is 22.1. The lowest BCUT2D eigenvalue weighted by atomic mass is 10.1. The molecule has 0 saturated carbocycles. The second-order valence-corrected chi connectivity index (χ2v) is 14.5. The van der Waals surface area contributed by atoms with E-state index in [0.717, 1.165) is 34.7 Å². The summed E-state index contributed by atoms with van der Waals surface area (Å²) in [5.74, 6) is 1.18. The number of fused-ring (bicyclic) bond motifs is 1. The fourth-order valence-corrected chi connectivity index (χ4v) is 3.99. The SMILES string of the molecule is C[Si](C)(C)CCOCn1nccc1-c1ccc(Oc2ccc3cnc(CO)cc3c2)nc1. The minimum atomic E-state index is -1.11. The molecule has 1 aromatic carbocycles. The number of rotatable bonds is 9. The fraction of sp³-hybridized carbons (Fsp3) is 0.292. The van der Waals surface area contributed by atoms with Gasteiger partial charge in [0.05, 0.1) is 18.0 Å². The average Bonchev–Trinajstić information content (AvgIpc) is 3.24. The van der Waals surface area contributed by atoms with Crippen molar-refractivity contribution >= 4 is 18.8 Å². The number of pyridine rings is 2. The number of hydrogen-bond donors (Lipinski definition) is 1. The standard InChI is InChI=1S/C24H28N4O3Si/c1-32(2,3)11-10-30-17-28-23(8-9-27-28)19-5-7-24(26-15-19)31-22-6-4-18-14-25-21(16-29)12-20(18)13-22/h4-9,12-15,29H,10-11,16-17H2,1-3H3. The van der Waals surface area contributed by atoms with Crippen LogP contribution < -0.4 is 4.74 Å². The second-order valence-electron chi connectivity index (χ2n) is 8.89. The van der Waals surface area contributed by atoms with Gasteiger partial charge in [-0.05, 0) is 47.8 Å². The summed E-state index contributed by atoms with van der Waals surface area (Å²) in [7, 11) is -1.11. The molecule has 0 bridgehead atoms. The maximum absolute atomic E-state index is 9.30. The molecule has 4 rings (SSSR count). The van der Waals surface area contributed by atoms with Crippen molar-refractivity contribution in [3.8, 4) is 22.9 Å². The number of aliphatic hydroxyl groups excluding tert-OH is 1. The van der Waals surface area contributed by atoms with E-state index in [2.05, 4.69) is 34.7 Å². The summed E-state index contributed by atoms with van der Waals surface area (Å²) in [6, 6.07) is 14.5. The maximum atomic E-state index is 9.30. The summed E-state index contributed by atoms with van der Waals surface area (Å²) in [5.41, 5.74) is 2.52. The Morgan fingerprint density at radius 3 is 2.59 bits per heavy atom. The van der Waals surface area contributed by atoms with Gasteiger partial charge in [-0.3, -0.25) is 4.98 Å². The molecule has 166 valence electrons. The third kappa shape index (κ3) is 5.59. The second kappa shape index (κ2) is 9.60. The van der Waals surface area contributed by atoms with E-state index in [1.165, 1.54) is 0 Å². The molecule has 32 heavy (non-hydrogen) atoms. The zero-order chi connectivity index (χ0) is 22.6. The van der Waals surface area contributed by atoms with Crippen molar-refractivity contribution in [2.24, 2.45) is 0 Å². The molecule has 0 atom stereocenters. The highest BCUT2D eigenvalue weighted by Crippen LogP contribution is 2.26. The van der Waals surface area contributed by atoms with Crippen molar-refractivity contribution in [3.63, 3.8) is 0 Å². The number of nitrogens with zero attached hydrogens (tertiary/aromatic N) is 4. The molecular weight excluding hydrogens is 420 g/mol. The normalized spacial score (nSPS) is 11.8. The molecule has 7 nitrogen and oxygen atoms in total. The third-order valence-electron chi connectivity index (χ3n) is 5.09. The van der Waals surface area contributed by atoms with Crippen LogP contribution in [0.3, 0.4) is 0 Å². The molecule has 3 heterocycles. The first-order chi connectivity index (χ1) is 15.4. The molecule has 4 aromatic rings. The molecule has 0 spiro atoms. The van der Waals surface area contributed by atoms with Crippen molar-refractivity contribution < 1.29 is 14.6 Å². The van der Waals surface area contributed by atoms with Gasteiger partial charge in [-0.25, -0.2) is 9.67 Å². The Labute approximate surface area is 188 Å². The lowest BCUT2D eigenvalue weighted by Crippen LogP contribution is -2.22. The van der Waals surface area contributed by atoms with Gasteiger partial charge < -0.3 is 14.6 Å². The summed E-state index contributed by atoms with van der Waals surface area (Å²) in [4.78, 5) is 8.66. The monoisotopic (exact) mass is 448 g/mol. The quantitative estimate of drug-likeness (QED) is 0.284. The highest BCUT2D eigenvalue weighted by molar-refractivity contribution is 6.76. The van der Waals surface area contributed by atoms with Crippen molar-refractivity contribution in [3.05, 3.63) is 66.7 Å². The van der Waals surface area contributed by atoms with Crippen LogP contribution in [0.2, 0.25) is 25.7 Å². The van der Waals surface area contributed by atoms with E-state index >= 15 is 0 Å². The fourth-order valence-electron chi connectivity index (χ4n) is 3.24. The van der Waals surface area contributed by atoms with Crippen LogP contribution in [-0.2, 0) is 18.1 Å². The van der Waals surface area contributed by atoms with E-state index in [1.54, 1.807) is 18.6 Å². The molecule has 0 radical (unpaired) electrons. The van der Waals surface area contributed by atoms with Crippen LogP contribution in [0.5, 0.6) is 11.6 Å². The van der Waals surface area contributed by atoms with Crippen LogP contribution in [0.25, 0.3) is 22.0 Å². The molecule has 8 heteroatoms. The van der Waals surface area contributed by atoms with Crippen LogP contribution >= 0.6 is 0 Å². The molecule has 1 N–H and O–H groups in total. The average molecular weight is 449 g/mol. The van der Waals surface area contributed by atoms with Gasteiger partial charge in [-0.1, -0.05) is 19.6 Å². The maximum Gasteiger partial charge on any atom is 0.219 e. The molecular formula is C24H28N4O3Si. The largest absolute Gasteiger partial charge is 0.439 e. The smallest absolute Gasteiger partial charge is 0.219 e. The van der Waals surface area contributed by atoms with Crippen molar-refractivity contribution in [1.82, 2.24) is 19.7 Å². The number of hydrogen-bond acceptors (Lipinski definition) is 6. The Hall–Kier alpha value is -3.07. The topological polar surface area (TPSA) is 82.3 Å². The number of ether oxygens (including phenoxy) is 2. The van der Waals surface area contributed by atoms with Crippen LogP contribution in [0.1, 0.15) is 5.69 Å². The summed E-state index contributed by atoms with van der Waals surface area (Å²) in [6.07, 6.45) is 5.29. The Balaban J connectivity index is 1.43. The lowest BCUT2D eigenvalue weighted by Gasteiger charge is -2.16. The molecule has 0 unspecified atom stereocenters. The van der Waals surface area contributed by atoms with E-state index in [9.17, 15) is 5.11 Å². The van der Waals surface area contributed by atoms with E-state index in [1.807, 2.05) is 47.1 Å². The van der Waals surface area contributed by atoms with Crippen LogP contribution in [0, 0.1) is 0 Å². The van der Waals surface area contributed by atoms with Gasteiger partial charge in [-0.2, -0.15) is 5.10 Å². The summed E-state index contributed by atoms with van der Waals surface area (Å²) >= 11 is 0. The molecule has 3 aromatic heterocycles. The van der Waals surface area contributed by atoms with Gasteiger partial charge in [0.15, 0.2) is 0 Å². The lowest BCUT2D eigenvalue weighted by molar-refractivity contribution is 0.0798. The Kier molecular flexibility index (Phi) is 6.64. The molecule has 0 aliphatic carbocycles. The highest BCUT2D eigenvalue weighted by Gasteiger charge is 2.13. The number of benzene rings is 1. The predicted molar refractivity (Wildman–Crippen MR) is 127 cm³/mol. The van der Waals surface area contributed by atoms with Crippen molar-refractivity contribution in [2.45, 2.75) is 39.0 Å². The number of aromatic nitrogens is 4. The third-order valence-corrected chi connectivity index (χ3v) is 6.80. The minimum Gasteiger partial charge on any atom is -0.439 e. The molecule has 0 fully saturated rings. The molecule has 0 saturated heterocycles. The van der Waals surface area contributed by atoms with E-state index in [4.69, 9.17) is 9.47 Å². The van der Waals surface area contributed by atoms with Gasteiger partial charge in [0.1, 0.15) is 12.5 Å². The van der Waals surface area contributed by atoms with Crippen molar-refractivity contribution in [1.29, 1.82) is 0 Å². The van der Waals surface area contributed by atoms with Gasteiger partial charge in [0.2, 0.25) is 5.88 Å². The highest BCUT2D eigenvalue weighted by atomic mass is 28.3. The Morgan fingerprint density at radius 2 is 1.84 bits per heavy atom. The van der Waals surface area contributed by atoms with Crippen LogP contribution in [0.4, 0.5) is 0 Å². The Bertz CT molecular complexity index is 1190. The molecule has 0 amide bonds. The zero-order valence-electron chi connectivity index (χ0n) is 18.7. The van der Waals surface area contributed by atoms with Gasteiger partial charge >= 0.3 is 0 Å². The van der Waals surface area contributed by atoms with E-state index in [0.29, 0.717) is 24.1 Å². The van der Waals surface area contributed by atoms with Crippen molar-refractivity contribution in [2.75, 3.05) is 6.61 Å². The minimum absolute atomic E-state index is 0.0933. The number of aliphatic hydroxyl groups is 1. The van der Waals surface area contributed by atoms with Gasteiger partial charge in [0, 0.05) is 50.3 Å². The molecule has 0 aliphatic rings. The zero-order valence-corrected chi connectivity index (χ0v) is 19.7. The van der Waals surface area contributed by atoms with Gasteiger partial charge in [-0.15, -0.1) is 0 Å². The van der Waals surface area contributed by atoms with Gasteiger partial charge in [0.25, 0.3) is 0 Å². The van der Waals surface area contributed by atoms with E-state index < -0.39 is 8.07 Å². The van der Waals surface area contributed by atoms with Crippen LogP contribution in [-0.4, -0.2) is 39.5 Å². The van der Waals surface area contributed by atoms with Crippen LogP contribution in [0.15, 0.2) is 61.1 Å².